The molecule has 158 valence electrons. The van der Waals surface area contributed by atoms with Crippen LogP contribution in [0.2, 0.25) is 0 Å². The SMILES string of the molecule is CC(=O)N(C)Cc1cc(NC(=O)/C=C/c2cnccc2-c2cn[nH]c2)ccc1C1CC1. The summed E-state index contributed by atoms with van der Waals surface area (Å²) < 4.78 is 0. The Morgan fingerprint density at radius 2 is 2.10 bits per heavy atom. The second-order valence-corrected chi connectivity index (χ2v) is 7.84. The molecule has 1 aromatic carbocycles. The van der Waals surface area contributed by atoms with Gasteiger partial charge >= 0.3 is 0 Å². The number of aromatic nitrogens is 3. The lowest BCUT2D eigenvalue weighted by molar-refractivity contribution is -0.128. The van der Waals surface area contributed by atoms with E-state index < -0.39 is 0 Å². The molecule has 31 heavy (non-hydrogen) atoms. The van der Waals surface area contributed by atoms with Gasteiger partial charge in [0.25, 0.3) is 0 Å². The van der Waals surface area contributed by atoms with Gasteiger partial charge in [0.15, 0.2) is 0 Å². The Balaban J connectivity index is 1.50. The van der Waals surface area contributed by atoms with E-state index >= 15 is 0 Å². The van der Waals surface area contributed by atoms with Crippen molar-refractivity contribution in [1.29, 1.82) is 0 Å². The topological polar surface area (TPSA) is 91.0 Å². The van der Waals surface area contributed by atoms with E-state index in [2.05, 4.69) is 26.6 Å². The van der Waals surface area contributed by atoms with Crippen molar-refractivity contribution in [1.82, 2.24) is 20.1 Å². The molecular weight excluding hydrogens is 390 g/mol. The highest BCUT2D eigenvalue weighted by Crippen LogP contribution is 2.42. The molecule has 2 N–H and O–H groups in total. The fourth-order valence-electron chi connectivity index (χ4n) is 3.53. The second kappa shape index (κ2) is 8.95. The van der Waals surface area contributed by atoms with Crippen molar-refractivity contribution in [2.45, 2.75) is 32.2 Å². The minimum absolute atomic E-state index is 0.0176. The average Bonchev–Trinajstić information content (AvgIpc) is 3.45. The van der Waals surface area contributed by atoms with E-state index in [4.69, 9.17) is 0 Å². The van der Waals surface area contributed by atoms with Gasteiger partial charge < -0.3 is 10.2 Å². The molecule has 0 atom stereocenters. The predicted molar refractivity (Wildman–Crippen MR) is 120 cm³/mol. The third-order valence-electron chi connectivity index (χ3n) is 5.45. The van der Waals surface area contributed by atoms with Gasteiger partial charge in [-0.3, -0.25) is 19.7 Å². The summed E-state index contributed by atoms with van der Waals surface area (Å²) in [5.74, 6) is 0.350. The van der Waals surface area contributed by atoms with Crippen LogP contribution in [-0.2, 0) is 16.1 Å². The average molecular weight is 415 g/mol. The van der Waals surface area contributed by atoms with Gasteiger partial charge in [-0.15, -0.1) is 0 Å². The van der Waals surface area contributed by atoms with Crippen LogP contribution in [0.1, 0.15) is 42.4 Å². The number of carbonyl (C=O) groups excluding carboxylic acids is 2. The number of hydrogen-bond donors (Lipinski definition) is 2. The Hall–Kier alpha value is -3.74. The van der Waals surface area contributed by atoms with Gasteiger partial charge in [0, 0.05) is 62.0 Å². The summed E-state index contributed by atoms with van der Waals surface area (Å²) in [4.78, 5) is 30.1. The summed E-state index contributed by atoms with van der Waals surface area (Å²) in [7, 11) is 1.79. The number of benzene rings is 1. The quantitative estimate of drug-likeness (QED) is 0.571. The number of hydrogen-bond acceptors (Lipinski definition) is 4. The largest absolute Gasteiger partial charge is 0.342 e. The molecule has 0 bridgehead atoms. The highest BCUT2D eigenvalue weighted by atomic mass is 16.2. The van der Waals surface area contributed by atoms with Crippen LogP contribution in [0.15, 0.2) is 55.1 Å². The third-order valence-corrected chi connectivity index (χ3v) is 5.45. The maximum Gasteiger partial charge on any atom is 0.248 e. The van der Waals surface area contributed by atoms with Crippen molar-refractivity contribution in [3.05, 3.63) is 71.8 Å². The minimum Gasteiger partial charge on any atom is -0.342 e. The third kappa shape index (κ3) is 5.06. The van der Waals surface area contributed by atoms with Crippen LogP contribution in [0.3, 0.4) is 0 Å². The lowest BCUT2D eigenvalue weighted by Gasteiger charge is -2.18. The lowest BCUT2D eigenvalue weighted by Crippen LogP contribution is -2.23. The first-order valence-corrected chi connectivity index (χ1v) is 10.3. The molecule has 7 nitrogen and oxygen atoms in total. The Morgan fingerprint density at radius 3 is 2.81 bits per heavy atom. The molecule has 0 aliphatic heterocycles. The van der Waals surface area contributed by atoms with Crippen molar-refractivity contribution in [3.8, 4) is 11.1 Å². The zero-order valence-corrected chi connectivity index (χ0v) is 17.6. The van der Waals surface area contributed by atoms with E-state index in [0.717, 1.165) is 22.3 Å². The van der Waals surface area contributed by atoms with E-state index in [9.17, 15) is 9.59 Å². The number of H-pyrrole nitrogens is 1. The summed E-state index contributed by atoms with van der Waals surface area (Å²) in [5, 5.41) is 9.71. The smallest absolute Gasteiger partial charge is 0.248 e. The molecule has 0 radical (unpaired) electrons. The molecule has 1 saturated carbocycles. The van der Waals surface area contributed by atoms with Gasteiger partial charge in [-0.25, -0.2) is 0 Å². The molecular formula is C24H25N5O2. The highest BCUT2D eigenvalue weighted by Gasteiger charge is 2.26. The van der Waals surface area contributed by atoms with Crippen molar-refractivity contribution < 1.29 is 9.59 Å². The molecule has 0 saturated heterocycles. The summed E-state index contributed by atoms with van der Waals surface area (Å²) >= 11 is 0. The van der Waals surface area contributed by atoms with Crippen LogP contribution < -0.4 is 5.32 Å². The number of amides is 2. The van der Waals surface area contributed by atoms with Crippen LogP contribution >= 0.6 is 0 Å². The number of carbonyl (C=O) groups is 2. The predicted octanol–water partition coefficient (Wildman–Crippen LogP) is 3.98. The van der Waals surface area contributed by atoms with Crippen LogP contribution in [-0.4, -0.2) is 38.9 Å². The van der Waals surface area contributed by atoms with Gasteiger partial charge in [0.1, 0.15) is 0 Å². The molecule has 1 aliphatic rings. The monoisotopic (exact) mass is 415 g/mol. The normalized spacial score (nSPS) is 13.4. The lowest BCUT2D eigenvalue weighted by atomic mass is 10.0. The van der Waals surface area contributed by atoms with Crippen molar-refractivity contribution >= 4 is 23.6 Å². The van der Waals surface area contributed by atoms with Crippen molar-refractivity contribution in [2.24, 2.45) is 0 Å². The van der Waals surface area contributed by atoms with Gasteiger partial charge in [0.2, 0.25) is 11.8 Å². The molecule has 1 aliphatic carbocycles. The summed E-state index contributed by atoms with van der Waals surface area (Å²) in [5.41, 5.74) is 5.76. The van der Waals surface area contributed by atoms with Gasteiger partial charge in [-0.1, -0.05) is 6.07 Å². The van der Waals surface area contributed by atoms with Crippen LogP contribution in [0.25, 0.3) is 17.2 Å². The molecule has 7 heteroatoms. The van der Waals surface area contributed by atoms with Gasteiger partial charge in [0.05, 0.1) is 6.20 Å². The first kappa shape index (κ1) is 20.5. The van der Waals surface area contributed by atoms with E-state index in [1.165, 1.54) is 24.5 Å². The molecule has 4 rings (SSSR count). The van der Waals surface area contributed by atoms with Crippen LogP contribution in [0.5, 0.6) is 0 Å². The fourth-order valence-corrected chi connectivity index (χ4v) is 3.53. The number of anilines is 1. The molecule has 2 aromatic heterocycles. The van der Waals surface area contributed by atoms with E-state index in [1.54, 1.807) is 49.7 Å². The van der Waals surface area contributed by atoms with Crippen molar-refractivity contribution in [2.75, 3.05) is 12.4 Å². The molecule has 1 fully saturated rings. The number of nitrogens with one attached hydrogen (secondary N) is 2. The molecule has 0 unspecified atom stereocenters. The first-order valence-electron chi connectivity index (χ1n) is 10.3. The molecule has 2 heterocycles. The minimum atomic E-state index is -0.230. The zero-order chi connectivity index (χ0) is 21.8. The Labute approximate surface area is 181 Å². The maximum absolute atomic E-state index is 12.6. The van der Waals surface area contributed by atoms with Gasteiger partial charge in [-0.2, -0.15) is 5.10 Å². The van der Waals surface area contributed by atoms with Gasteiger partial charge in [-0.05, 0) is 59.7 Å². The summed E-state index contributed by atoms with van der Waals surface area (Å²) in [6.45, 7) is 2.09. The number of aromatic amines is 1. The highest BCUT2D eigenvalue weighted by molar-refractivity contribution is 6.02. The Morgan fingerprint density at radius 1 is 1.26 bits per heavy atom. The summed E-state index contributed by atoms with van der Waals surface area (Å²) in [6, 6.07) is 7.85. The number of rotatable bonds is 7. The van der Waals surface area contributed by atoms with E-state index in [0.29, 0.717) is 18.2 Å². The Bertz CT molecular complexity index is 1120. The number of pyridine rings is 1. The van der Waals surface area contributed by atoms with E-state index in [-0.39, 0.29) is 11.8 Å². The van der Waals surface area contributed by atoms with Crippen molar-refractivity contribution in [3.63, 3.8) is 0 Å². The second-order valence-electron chi connectivity index (χ2n) is 7.84. The van der Waals surface area contributed by atoms with Crippen LogP contribution in [0.4, 0.5) is 5.69 Å². The Kier molecular flexibility index (Phi) is 5.93. The molecule has 2 amide bonds. The standard InChI is InChI=1S/C24H25N5O2/c1-16(30)29(2)15-19-11-21(6-7-22(19)17-3-4-17)28-24(31)8-5-18-12-25-10-9-23(18)20-13-26-27-14-20/h5-14,17H,3-4,15H2,1-2H3,(H,26,27)(H,28,31)/b8-5+. The fraction of sp³-hybridized carbons (Fsp3) is 0.250. The molecule has 3 aromatic rings. The van der Waals surface area contributed by atoms with Crippen LogP contribution in [0, 0.1) is 0 Å². The molecule has 0 spiro atoms. The first-order chi connectivity index (χ1) is 15.0. The zero-order valence-electron chi connectivity index (χ0n) is 17.6. The number of nitrogens with zero attached hydrogens (tertiary/aromatic N) is 3. The maximum atomic E-state index is 12.6. The summed E-state index contributed by atoms with van der Waals surface area (Å²) in [6.07, 6.45) is 12.5. The van der Waals surface area contributed by atoms with E-state index in [1.807, 2.05) is 18.2 Å².